The Morgan fingerprint density at radius 3 is 2.35 bits per heavy atom. The Bertz CT molecular complexity index is 399. The van der Waals surface area contributed by atoms with Gasteiger partial charge >= 0.3 is 0 Å². The Balaban J connectivity index is 0.00000361. The monoisotopic (exact) mass is 300 g/mol. The molecule has 0 bridgehead atoms. The van der Waals surface area contributed by atoms with Crippen molar-refractivity contribution in [2.45, 2.75) is 32.6 Å². The standard InChI is InChI=1S/C15H24N2O2.ClH/c1-15(2,3)12-4-6-13(7-5-12)19-11-10-17-14(18)8-9-16;/h4-7H,8-11,16H2,1-3H3,(H,17,18);1H. The molecule has 0 saturated heterocycles. The van der Waals surface area contributed by atoms with Gasteiger partial charge < -0.3 is 15.8 Å². The molecule has 1 aromatic carbocycles. The molecule has 0 aliphatic heterocycles. The first kappa shape index (κ1) is 18.7. The highest BCUT2D eigenvalue weighted by Crippen LogP contribution is 2.24. The minimum atomic E-state index is -0.0332. The van der Waals surface area contributed by atoms with E-state index in [0.717, 1.165) is 5.75 Å². The van der Waals surface area contributed by atoms with Crippen LogP contribution in [-0.4, -0.2) is 25.6 Å². The molecule has 0 spiro atoms. The molecule has 1 amide bonds. The molecule has 3 N–H and O–H groups in total. The third-order valence-corrected chi connectivity index (χ3v) is 2.78. The maximum absolute atomic E-state index is 11.2. The lowest BCUT2D eigenvalue weighted by atomic mass is 9.87. The smallest absolute Gasteiger partial charge is 0.221 e. The van der Waals surface area contributed by atoms with Gasteiger partial charge in [0.05, 0.1) is 6.54 Å². The quantitative estimate of drug-likeness (QED) is 0.792. The second-order valence-electron chi connectivity index (χ2n) is 5.51. The van der Waals surface area contributed by atoms with E-state index in [2.05, 4.69) is 38.2 Å². The second-order valence-corrected chi connectivity index (χ2v) is 5.51. The van der Waals surface area contributed by atoms with Crippen LogP contribution in [-0.2, 0) is 10.2 Å². The number of carbonyl (C=O) groups is 1. The van der Waals surface area contributed by atoms with Crippen molar-refractivity contribution >= 4 is 18.3 Å². The van der Waals surface area contributed by atoms with Gasteiger partial charge in [0.25, 0.3) is 0 Å². The van der Waals surface area contributed by atoms with Crippen LogP contribution in [0.3, 0.4) is 0 Å². The Kier molecular flexibility index (Phi) is 8.26. The predicted molar refractivity (Wildman–Crippen MR) is 84.6 cm³/mol. The lowest BCUT2D eigenvalue weighted by molar-refractivity contribution is -0.120. The zero-order chi connectivity index (χ0) is 14.3. The first-order chi connectivity index (χ1) is 8.93. The van der Waals surface area contributed by atoms with Crippen molar-refractivity contribution in [3.8, 4) is 5.75 Å². The number of nitrogens with one attached hydrogen (secondary N) is 1. The summed E-state index contributed by atoms with van der Waals surface area (Å²) < 4.78 is 5.56. The number of halogens is 1. The van der Waals surface area contributed by atoms with Crippen LogP contribution >= 0.6 is 12.4 Å². The highest BCUT2D eigenvalue weighted by atomic mass is 35.5. The number of rotatable bonds is 6. The van der Waals surface area contributed by atoms with E-state index in [-0.39, 0.29) is 23.7 Å². The van der Waals surface area contributed by atoms with Crippen molar-refractivity contribution in [2.24, 2.45) is 5.73 Å². The van der Waals surface area contributed by atoms with Crippen LogP contribution in [0.15, 0.2) is 24.3 Å². The third-order valence-electron chi connectivity index (χ3n) is 2.78. The summed E-state index contributed by atoms with van der Waals surface area (Å²) in [4.78, 5) is 11.2. The molecular formula is C15H25ClN2O2. The normalized spacial score (nSPS) is 10.6. The maximum atomic E-state index is 11.2. The highest BCUT2D eigenvalue weighted by molar-refractivity contribution is 5.85. The molecule has 5 heteroatoms. The molecule has 0 atom stereocenters. The topological polar surface area (TPSA) is 64.3 Å². The SMILES string of the molecule is CC(C)(C)c1ccc(OCCNC(=O)CCN)cc1.Cl. The Morgan fingerprint density at radius 1 is 1.25 bits per heavy atom. The van der Waals surface area contributed by atoms with Crippen molar-refractivity contribution in [3.63, 3.8) is 0 Å². The first-order valence-corrected chi connectivity index (χ1v) is 6.63. The van der Waals surface area contributed by atoms with Crippen molar-refractivity contribution in [1.82, 2.24) is 5.32 Å². The third kappa shape index (κ3) is 6.78. The number of carbonyl (C=O) groups excluding carboxylic acids is 1. The van der Waals surface area contributed by atoms with Crippen LogP contribution in [0, 0.1) is 0 Å². The van der Waals surface area contributed by atoms with Crippen LogP contribution in [0.4, 0.5) is 0 Å². The fourth-order valence-corrected chi connectivity index (χ4v) is 1.63. The number of ether oxygens (including phenoxy) is 1. The molecule has 0 unspecified atom stereocenters. The highest BCUT2D eigenvalue weighted by Gasteiger charge is 2.12. The molecule has 0 fully saturated rings. The lowest BCUT2D eigenvalue weighted by Crippen LogP contribution is -2.29. The maximum Gasteiger partial charge on any atom is 0.221 e. The van der Waals surface area contributed by atoms with Gasteiger partial charge in [-0.2, -0.15) is 0 Å². The molecule has 1 rings (SSSR count). The molecule has 0 aliphatic carbocycles. The Hall–Kier alpha value is -1.26. The molecule has 0 heterocycles. The molecule has 0 aliphatic rings. The minimum absolute atomic E-state index is 0. The molecule has 20 heavy (non-hydrogen) atoms. The average molecular weight is 301 g/mol. The largest absolute Gasteiger partial charge is 0.492 e. The van der Waals surface area contributed by atoms with Crippen LogP contribution in [0.2, 0.25) is 0 Å². The van der Waals surface area contributed by atoms with Crippen LogP contribution < -0.4 is 15.8 Å². The van der Waals surface area contributed by atoms with Crippen molar-refractivity contribution in [2.75, 3.05) is 19.7 Å². The first-order valence-electron chi connectivity index (χ1n) is 6.63. The molecule has 0 saturated carbocycles. The van der Waals surface area contributed by atoms with Crippen molar-refractivity contribution in [3.05, 3.63) is 29.8 Å². The van der Waals surface area contributed by atoms with E-state index in [9.17, 15) is 4.79 Å². The van der Waals surface area contributed by atoms with Crippen molar-refractivity contribution < 1.29 is 9.53 Å². The summed E-state index contributed by atoms with van der Waals surface area (Å²) in [7, 11) is 0. The summed E-state index contributed by atoms with van der Waals surface area (Å²) in [5, 5.41) is 2.75. The van der Waals surface area contributed by atoms with Gasteiger partial charge in [0.2, 0.25) is 5.91 Å². The van der Waals surface area contributed by atoms with Gasteiger partial charge in [-0.25, -0.2) is 0 Å². The molecule has 114 valence electrons. The molecule has 0 radical (unpaired) electrons. The number of benzene rings is 1. The van der Waals surface area contributed by atoms with E-state index in [4.69, 9.17) is 10.5 Å². The van der Waals surface area contributed by atoms with Gasteiger partial charge in [0.1, 0.15) is 12.4 Å². The minimum Gasteiger partial charge on any atom is -0.492 e. The molecule has 4 nitrogen and oxygen atoms in total. The fraction of sp³-hybridized carbons (Fsp3) is 0.533. The zero-order valence-corrected chi connectivity index (χ0v) is 13.3. The lowest BCUT2D eigenvalue weighted by Gasteiger charge is -2.19. The van der Waals surface area contributed by atoms with E-state index in [1.165, 1.54) is 5.56 Å². The summed E-state index contributed by atoms with van der Waals surface area (Å²) in [6.45, 7) is 7.87. The van der Waals surface area contributed by atoms with E-state index >= 15 is 0 Å². The summed E-state index contributed by atoms with van der Waals surface area (Å²) >= 11 is 0. The summed E-state index contributed by atoms with van der Waals surface area (Å²) in [6.07, 6.45) is 0.361. The zero-order valence-electron chi connectivity index (χ0n) is 12.4. The second kappa shape index (κ2) is 8.82. The van der Waals surface area contributed by atoms with Crippen LogP contribution in [0.25, 0.3) is 0 Å². The molecular weight excluding hydrogens is 276 g/mol. The van der Waals surface area contributed by atoms with E-state index in [1.54, 1.807) is 0 Å². The van der Waals surface area contributed by atoms with E-state index in [0.29, 0.717) is 26.1 Å². The molecule has 1 aromatic rings. The number of hydrogen-bond donors (Lipinski definition) is 2. The molecule has 0 aromatic heterocycles. The number of hydrogen-bond acceptors (Lipinski definition) is 3. The van der Waals surface area contributed by atoms with E-state index < -0.39 is 0 Å². The summed E-state index contributed by atoms with van der Waals surface area (Å²) in [5.74, 6) is 0.787. The van der Waals surface area contributed by atoms with E-state index in [1.807, 2.05) is 12.1 Å². The Morgan fingerprint density at radius 2 is 1.85 bits per heavy atom. The predicted octanol–water partition coefficient (Wildman–Crippen LogP) is 2.25. The van der Waals surface area contributed by atoms with Crippen LogP contribution in [0.1, 0.15) is 32.8 Å². The number of nitrogens with two attached hydrogens (primary N) is 1. The summed E-state index contributed by atoms with van der Waals surface area (Å²) in [6, 6.07) is 8.06. The Labute approximate surface area is 127 Å². The van der Waals surface area contributed by atoms with Crippen LogP contribution in [0.5, 0.6) is 5.75 Å². The van der Waals surface area contributed by atoms with Gasteiger partial charge in [-0.1, -0.05) is 32.9 Å². The van der Waals surface area contributed by atoms with Gasteiger partial charge in [0, 0.05) is 13.0 Å². The van der Waals surface area contributed by atoms with Gasteiger partial charge in [-0.3, -0.25) is 4.79 Å². The fourth-order valence-electron chi connectivity index (χ4n) is 1.63. The number of amides is 1. The van der Waals surface area contributed by atoms with Gasteiger partial charge in [-0.05, 0) is 23.1 Å². The summed E-state index contributed by atoms with van der Waals surface area (Å²) in [5.41, 5.74) is 6.70. The van der Waals surface area contributed by atoms with Crippen molar-refractivity contribution in [1.29, 1.82) is 0 Å². The van der Waals surface area contributed by atoms with Gasteiger partial charge in [0.15, 0.2) is 0 Å². The van der Waals surface area contributed by atoms with Gasteiger partial charge in [-0.15, -0.1) is 12.4 Å². The average Bonchev–Trinajstić information content (AvgIpc) is 2.34.